The third kappa shape index (κ3) is 2.69. The molecule has 1 aromatic carbocycles. The number of hydrogen-bond donors (Lipinski definition) is 3. The Hall–Kier alpha value is -3.28. The molecule has 2 aromatic heterocycles. The molecule has 0 fully saturated rings. The van der Waals surface area contributed by atoms with Crippen LogP contribution in [0.3, 0.4) is 0 Å². The van der Waals surface area contributed by atoms with E-state index in [1.165, 1.54) is 0 Å². The molecule has 6 heteroatoms. The van der Waals surface area contributed by atoms with Crippen LogP contribution in [0.2, 0.25) is 0 Å². The molecule has 132 valence electrons. The number of carbonyl (C=O) groups excluding carboxylic acids is 1. The van der Waals surface area contributed by atoms with Crippen molar-refractivity contribution in [3.8, 4) is 11.3 Å². The van der Waals surface area contributed by atoms with Crippen LogP contribution < -0.4 is 11.1 Å². The Balaban J connectivity index is 1.92. The van der Waals surface area contributed by atoms with Gasteiger partial charge in [-0.3, -0.25) is 4.79 Å². The van der Waals surface area contributed by atoms with Gasteiger partial charge < -0.3 is 20.9 Å². The Labute approximate surface area is 152 Å². The van der Waals surface area contributed by atoms with Crippen LogP contribution >= 0.6 is 0 Å². The van der Waals surface area contributed by atoms with Crippen LogP contribution in [0.4, 0.5) is 17.2 Å². The maximum absolute atomic E-state index is 12.9. The lowest BCUT2D eigenvalue weighted by Crippen LogP contribution is -2.36. The summed E-state index contributed by atoms with van der Waals surface area (Å²) in [5, 5.41) is 3.43. The van der Waals surface area contributed by atoms with E-state index < -0.39 is 0 Å². The second-order valence-electron chi connectivity index (χ2n) is 6.71. The van der Waals surface area contributed by atoms with Crippen molar-refractivity contribution in [1.82, 2.24) is 14.9 Å². The molecule has 4 rings (SSSR count). The SMILES string of the molecule is CC1CN(C)C(=O)c2c1[nH]c(-c1ccnc(N)c1)c2Nc1ccccc1. The number of aromatic nitrogens is 2. The van der Waals surface area contributed by atoms with Crippen molar-refractivity contribution in [3.05, 3.63) is 59.9 Å². The molecule has 1 aliphatic heterocycles. The monoisotopic (exact) mass is 347 g/mol. The summed E-state index contributed by atoms with van der Waals surface area (Å²) in [4.78, 5) is 22.2. The molecule has 26 heavy (non-hydrogen) atoms. The molecule has 0 aliphatic carbocycles. The summed E-state index contributed by atoms with van der Waals surface area (Å²) in [6, 6.07) is 13.5. The van der Waals surface area contributed by atoms with Crippen molar-refractivity contribution in [1.29, 1.82) is 0 Å². The fourth-order valence-electron chi connectivity index (χ4n) is 3.50. The van der Waals surface area contributed by atoms with Crippen LogP contribution in [0, 0.1) is 0 Å². The number of benzene rings is 1. The molecule has 1 amide bonds. The van der Waals surface area contributed by atoms with E-state index >= 15 is 0 Å². The quantitative estimate of drug-likeness (QED) is 0.676. The van der Waals surface area contributed by atoms with E-state index in [0.29, 0.717) is 17.9 Å². The minimum absolute atomic E-state index is 0.0149. The van der Waals surface area contributed by atoms with Crippen molar-refractivity contribution in [2.75, 3.05) is 24.6 Å². The number of hydrogen-bond acceptors (Lipinski definition) is 4. The van der Waals surface area contributed by atoms with E-state index in [4.69, 9.17) is 5.73 Å². The fraction of sp³-hybridized carbons (Fsp3) is 0.200. The molecule has 1 unspecified atom stereocenters. The van der Waals surface area contributed by atoms with Crippen LogP contribution in [0.15, 0.2) is 48.7 Å². The largest absolute Gasteiger partial charge is 0.384 e. The Kier molecular flexibility index (Phi) is 3.88. The van der Waals surface area contributed by atoms with E-state index in [2.05, 4.69) is 22.2 Å². The summed E-state index contributed by atoms with van der Waals surface area (Å²) in [6.45, 7) is 2.81. The maximum Gasteiger partial charge on any atom is 0.257 e. The van der Waals surface area contributed by atoms with Gasteiger partial charge in [0.15, 0.2) is 0 Å². The summed E-state index contributed by atoms with van der Waals surface area (Å²) in [5.41, 5.74) is 11.0. The number of nitrogen functional groups attached to an aromatic ring is 1. The second-order valence-corrected chi connectivity index (χ2v) is 6.71. The number of nitrogens with two attached hydrogens (primary N) is 1. The highest BCUT2D eigenvalue weighted by atomic mass is 16.2. The number of H-pyrrole nitrogens is 1. The van der Waals surface area contributed by atoms with Crippen molar-refractivity contribution in [3.63, 3.8) is 0 Å². The van der Waals surface area contributed by atoms with E-state index in [9.17, 15) is 4.79 Å². The summed E-state index contributed by atoms with van der Waals surface area (Å²) in [6.07, 6.45) is 1.67. The zero-order valence-electron chi connectivity index (χ0n) is 14.8. The second kappa shape index (κ2) is 6.22. The van der Waals surface area contributed by atoms with Gasteiger partial charge in [-0.25, -0.2) is 4.98 Å². The Bertz CT molecular complexity index is 964. The van der Waals surface area contributed by atoms with E-state index in [0.717, 1.165) is 28.3 Å². The Morgan fingerprint density at radius 3 is 2.77 bits per heavy atom. The predicted molar refractivity (Wildman–Crippen MR) is 104 cm³/mol. The Morgan fingerprint density at radius 1 is 1.27 bits per heavy atom. The van der Waals surface area contributed by atoms with Gasteiger partial charge in [0.25, 0.3) is 5.91 Å². The van der Waals surface area contributed by atoms with Gasteiger partial charge in [0.1, 0.15) is 5.82 Å². The van der Waals surface area contributed by atoms with E-state index in [1.807, 2.05) is 49.5 Å². The normalized spacial score (nSPS) is 16.5. The van der Waals surface area contributed by atoms with Crippen molar-refractivity contribution >= 4 is 23.1 Å². The molecule has 0 radical (unpaired) electrons. The Morgan fingerprint density at radius 2 is 2.04 bits per heavy atom. The number of likely N-dealkylation sites (N-methyl/N-ethyl adjacent to an activating group) is 1. The molecule has 1 atom stereocenters. The minimum atomic E-state index is 0.0149. The number of rotatable bonds is 3. The number of nitrogens with zero attached hydrogens (tertiary/aromatic N) is 2. The van der Waals surface area contributed by atoms with E-state index in [1.54, 1.807) is 11.1 Å². The zero-order valence-corrected chi connectivity index (χ0v) is 14.8. The van der Waals surface area contributed by atoms with Crippen molar-refractivity contribution in [2.45, 2.75) is 12.8 Å². The minimum Gasteiger partial charge on any atom is -0.384 e. The molecule has 1 aliphatic rings. The van der Waals surface area contributed by atoms with Crippen LogP contribution in [0.1, 0.15) is 28.9 Å². The van der Waals surface area contributed by atoms with Gasteiger partial charge in [0.05, 0.1) is 16.9 Å². The highest BCUT2D eigenvalue weighted by Crippen LogP contribution is 2.40. The maximum atomic E-state index is 12.9. The molecule has 6 nitrogen and oxygen atoms in total. The molecule has 0 saturated carbocycles. The van der Waals surface area contributed by atoms with Gasteiger partial charge >= 0.3 is 0 Å². The highest BCUT2D eigenvalue weighted by molar-refractivity contribution is 6.06. The van der Waals surface area contributed by atoms with Crippen LogP contribution in [0.5, 0.6) is 0 Å². The first-order valence-corrected chi connectivity index (χ1v) is 8.60. The molecular formula is C20H21N5O. The first-order valence-electron chi connectivity index (χ1n) is 8.60. The van der Waals surface area contributed by atoms with Crippen LogP contribution in [0.25, 0.3) is 11.3 Å². The molecule has 3 aromatic rings. The lowest BCUT2D eigenvalue weighted by Gasteiger charge is -2.28. The lowest BCUT2D eigenvalue weighted by atomic mass is 9.97. The average Bonchev–Trinajstić information content (AvgIpc) is 3.01. The molecule has 0 bridgehead atoms. The van der Waals surface area contributed by atoms with Gasteiger partial charge in [-0.2, -0.15) is 0 Å². The third-order valence-corrected chi connectivity index (χ3v) is 4.74. The molecule has 0 spiro atoms. The lowest BCUT2D eigenvalue weighted by molar-refractivity contribution is 0.0769. The first-order chi connectivity index (χ1) is 12.5. The average molecular weight is 347 g/mol. The van der Waals surface area contributed by atoms with Gasteiger partial charge in [-0.05, 0) is 24.3 Å². The highest BCUT2D eigenvalue weighted by Gasteiger charge is 2.33. The number of carbonyl (C=O) groups is 1. The van der Waals surface area contributed by atoms with Crippen LogP contribution in [-0.2, 0) is 0 Å². The summed E-state index contributed by atoms with van der Waals surface area (Å²) >= 11 is 0. The van der Waals surface area contributed by atoms with Crippen molar-refractivity contribution in [2.24, 2.45) is 0 Å². The standard InChI is InChI=1S/C20H21N5O/c1-12-11-25(2)20(26)16-17(12)24-18(13-8-9-22-15(21)10-13)19(16)23-14-6-4-3-5-7-14/h3-10,12,23-24H,11H2,1-2H3,(H2,21,22). The summed E-state index contributed by atoms with van der Waals surface area (Å²) in [7, 11) is 1.84. The molecule has 3 heterocycles. The number of anilines is 3. The van der Waals surface area contributed by atoms with Gasteiger partial charge in [-0.1, -0.05) is 25.1 Å². The number of para-hydroxylation sites is 1. The van der Waals surface area contributed by atoms with Gasteiger partial charge in [0, 0.05) is 42.7 Å². The number of nitrogens with one attached hydrogen (secondary N) is 2. The first kappa shape index (κ1) is 16.2. The number of fused-ring (bicyclic) bond motifs is 1. The molecular weight excluding hydrogens is 326 g/mol. The topological polar surface area (TPSA) is 87.0 Å². The fourth-order valence-corrected chi connectivity index (χ4v) is 3.50. The number of amides is 1. The van der Waals surface area contributed by atoms with E-state index in [-0.39, 0.29) is 11.8 Å². The zero-order chi connectivity index (χ0) is 18.3. The van der Waals surface area contributed by atoms with Gasteiger partial charge in [0.2, 0.25) is 0 Å². The molecule has 0 saturated heterocycles. The molecule has 4 N–H and O–H groups in total. The summed E-state index contributed by atoms with van der Waals surface area (Å²) in [5.74, 6) is 0.676. The summed E-state index contributed by atoms with van der Waals surface area (Å²) < 4.78 is 0. The number of aromatic amines is 1. The number of pyridine rings is 1. The van der Waals surface area contributed by atoms with Crippen LogP contribution in [-0.4, -0.2) is 34.4 Å². The smallest absolute Gasteiger partial charge is 0.257 e. The third-order valence-electron chi connectivity index (χ3n) is 4.74. The predicted octanol–water partition coefficient (Wildman–Crippen LogP) is 3.59. The van der Waals surface area contributed by atoms with Crippen molar-refractivity contribution < 1.29 is 4.79 Å². The van der Waals surface area contributed by atoms with Gasteiger partial charge in [-0.15, -0.1) is 0 Å².